The van der Waals surface area contributed by atoms with Crippen molar-refractivity contribution >= 4 is 33.4 Å². The molecule has 0 bridgehead atoms. The molecule has 0 saturated carbocycles. The molecule has 0 aliphatic rings. The number of nitrogens with zero attached hydrogens (tertiary/aromatic N) is 2. The van der Waals surface area contributed by atoms with Crippen LogP contribution in [-0.2, 0) is 6.18 Å². The number of nitrogens with two attached hydrogens (primary N) is 1. The van der Waals surface area contributed by atoms with Crippen LogP contribution >= 0.6 is 15.9 Å². The molecule has 112 valence electrons. The monoisotopic (exact) mass is 361 g/mol. The number of benzene rings is 1. The van der Waals surface area contributed by atoms with Gasteiger partial charge in [-0.15, -0.1) is 0 Å². The van der Waals surface area contributed by atoms with E-state index < -0.39 is 11.9 Å². The van der Waals surface area contributed by atoms with Gasteiger partial charge in [0.2, 0.25) is 5.95 Å². The number of aryl methyl sites for hydroxylation is 1. The molecule has 0 aliphatic carbocycles. The lowest BCUT2D eigenvalue weighted by Crippen LogP contribution is -2.16. The molecule has 0 saturated heterocycles. The predicted molar refractivity (Wildman–Crippen MR) is 77.0 cm³/mol. The molecule has 2 aromatic rings. The maximum Gasteiger partial charge on any atom is 0.433 e. The minimum atomic E-state index is -4.58. The summed E-state index contributed by atoms with van der Waals surface area (Å²) >= 11 is 3.35. The van der Waals surface area contributed by atoms with Gasteiger partial charge >= 0.3 is 6.18 Å². The Bertz CT molecular complexity index is 660. The van der Waals surface area contributed by atoms with E-state index in [-0.39, 0.29) is 11.8 Å². The first kappa shape index (κ1) is 15.5. The van der Waals surface area contributed by atoms with Gasteiger partial charge in [0.25, 0.3) is 0 Å². The van der Waals surface area contributed by atoms with E-state index in [0.29, 0.717) is 5.69 Å². The average molecular weight is 362 g/mol. The highest BCUT2D eigenvalue weighted by Crippen LogP contribution is 2.30. The summed E-state index contributed by atoms with van der Waals surface area (Å²) in [6, 6.07) is 6.08. The summed E-state index contributed by atoms with van der Waals surface area (Å²) in [6.07, 6.45) is -4.58. The average Bonchev–Trinajstić information content (AvgIpc) is 2.41. The third-order valence-electron chi connectivity index (χ3n) is 2.58. The van der Waals surface area contributed by atoms with Crippen molar-refractivity contribution in [2.75, 3.05) is 10.7 Å². The maximum atomic E-state index is 12.7. The van der Waals surface area contributed by atoms with Crippen LogP contribution in [0.15, 0.2) is 28.7 Å². The Kier molecular flexibility index (Phi) is 4.33. The predicted octanol–water partition coefficient (Wildman–Crippen LogP) is 3.60. The molecule has 21 heavy (non-hydrogen) atoms. The minimum absolute atomic E-state index is 0.00741. The molecule has 1 heterocycles. The van der Waals surface area contributed by atoms with Crippen LogP contribution in [0.25, 0.3) is 0 Å². The molecule has 0 amide bonds. The van der Waals surface area contributed by atoms with Crippen LogP contribution in [-0.4, -0.2) is 9.97 Å². The van der Waals surface area contributed by atoms with Gasteiger partial charge in [0.15, 0.2) is 5.69 Å². The van der Waals surface area contributed by atoms with E-state index >= 15 is 0 Å². The van der Waals surface area contributed by atoms with E-state index in [2.05, 4.69) is 31.2 Å². The van der Waals surface area contributed by atoms with Crippen LogP contribution in [0.3, 0.4) is 0 Å². The smallest absolute Gasteiger partial charge is 0.340 e. The zero-order valence-electron chi connectivity index (χ0n) is 10.8. The van der Waals surface area contributed by atoms with Gasteiger partial charge in [-0.05, 0) is 30.7 Å². The zero-order chi connectivity index (χ0) is 15.6. The fourth-order valence-electron chi connectivity index (χ4n) is 1.59. The molecule has 4 N–H and O–H groups in total. The number of aromatic nitrogens is 2. The number of nitrogens with one attached hydrogen (secondary N) is 2. The zero-order valence-corrected chi connectivity index (χ0v) is 12.4. The Morgan fingerprint density at radius 2 is 1.90 bits per heavy atom. The molecule has 0 atom stereocenters. The van der Waals surface area contributed by atoms with Gasteiger partial charge in [-0.1, -0.05) is 15.9 Å². The highest BCUT2D eigenvalue weighted by atomic mass is 79.9. The Morgan fingerprint density at radius 3 is 2.48 bits per heavy atom. The number of halogens is 4. The second-order valence-electron chi connectivity index (χ2n) is 4.19. The van der Waals surface area contributed by atoms with E-state index in [1.807, 2.05) is 12.3 Å². The van der Waals surface area contributed by atoms with E-state index in [0.717, 1.165) is 16.1 Å². The van der Waals surface area contributed by atoms with Crippen molar-refractivity contribution in [2.24, 2.45) is 5.84 Å². The van der Waals surface area contributed by atoms with Crippen molar-refractivity contribution in [3.05, 3.63) is 40.0 Å². The van der Waals surface area contributed by atoms with Gasteiger partial charge in [-0.3, -0.25) is 5.43 Å². The lowest BCUT2D eigenvalue weighted by atomic mass is 10.2. The number of hydrazine groups is 1. The van der Waals surface area contributed by atoms with Crippen molar-refractivity contribution in [3.8, 4) is 0 Å². The van der Waals surface area contributed by atoms with Gasteiger partial charge in [-0.2, -0.15) is 18.2 Å². The van der Waals surface area contributed by atoms with E-state index in [1.165, 1.54) is 0 Å². The first-order valence-corrected chi connectivity index (χ1v) is 6.55. The molecule has 2 rings (SSSR count). The lowest BCUT2D eigenvalue weighted by Gasteiger charge is -2.12. The van der Waals surface area contributed by atoms with Crippen LogP contribution < -0.4 is 16.6 Å². The Morgan fingerprint density at radius 1 is 1.19 bits per heavy atom. The van der Waals surface area contributed by atoms with Gasteiger partial charge in [0.05, 0.1) is 0 Å². The minimum Gasteiger partial charge on any atom is -0.340 e. The number of rotatable bonds is 3. The number of hydrogen-bond donors (Lipinski definition) is 3. The second kappa shape index (κ2) is 5.86. The van der Waals surface area contributed by atoms with Gasteiger partial charge < -0.3 is 5.32 Å². The van der Waals surface area contributed by atoms with E-state index in [1.54, 1.807) is 18.2 Å². The Balaban J connectivity index is 2.36. The first-order valence-electron chi connectivity index (χ1n) is 5.75. The summed E-state index contributed by atoms with van der Waals surface area (Å²) in [5.41, 5.74) is 2.47. The first-order chi connectivity index (χ1) is 9.79. The quantitative estimate of drug-likeness (QED) is 0.575. The summed E-state index contributed by atoms with van der Waals surface area (Å²) in [4.78, 5) is 7.12. The fraction of sp³-hybridized carbons (Fsp3) is 0.167. The molecule has 0 aliphatic heterocycles. The SMILES string of the molecule is Cc1cc(Nc2cc(C(F)(F)F)nc(NN)n2)ccc1Br. The number of anilines is 3. The molecule has 1 aromatic heterocycles. The van der Waals surface area contributed by atoms with Crippen LogP contribution in [0.5, 0.6) is 0 Å². The van der Waals surface area contributed by atoms with E-state index in [4.69, 9.17) is 5.84 Å². The normalized spacial score (nSPS) is 11.3. The number of alkyl halides is 3. The topological polar surface area (TPSA) is 75.9 Å². The Hall–Kier alpha value is -1.87. The summed E-state index contributed by atoms with van der Waals surface area (Å²) in [5.74, 6) is 4.77. The molecule has 1 aromatic carbocycles. The van der Waals surface area contributed by atoms with Crippen molar-refractivity contribution in [2.45, 2.75) is 13.1 Å². The summed E-state index contributed by atoms with van der Waals surface area (Å²) in [7, 11) is 0. The third kappa shape index (κ3) is 3.82. The number of hydrogen-bond acceptors (Lipinski definition) is 5. The standard InChI is InChI=1S/C12H11BrF3N5/c1-6-4-7(2-3-8(6)13)18-10-5-9(12(14,15)16)19-11(20-10)21-17/h2-5H,17H2,1H3,(H2,18,19,20,21). The molecule has 0 fully saturated rings. The van der Waals surface area contributed by atoms with Crippen molar-refractivity contribution in [1.82, 2.24) is 9.97 Å². The molecular weight excluding hydrogens is 351 g/mol. The van der Waals surface area contributed by atoms with Gasteiger partial charge in [-0.25, -0.2) is 10.8 Å². The van der Waals surface area contributed by atoms with Crippen LogP contribution in [0.1, 0.15) is 11.3 Å². The molecule has 0 radical (unpaired) electrons. The maximum absolute atomic E-state index is 12.7. The highest BCUT2D eigenvalue weighted by molar-refractivity contribution is 9.10. The second-order valence-corrected chi connectivity index (χ2v) is 5.05. The van der Waals surface area contributed by atoms with Crippen LogP contribution in [0, 0.1) is 6.92 Å². The van der Waals surface area contributed by atoms with E-state index in [9.17, 15) is 13.2 Å². The molecule has 0 spiro atoms. The fourth-order valence-corrected chi connectivity index (χ4v) is 1.84. The summed E-state index contributed by atoms with van der Waals surface area (Å²) in [5, 5.41) is 2.79. The van der Waals surface area contributed by atoms with Gasteiger partial charge in [0.1, 0.15) is 5.82 Å². The van der Waals surface area contributed by atoms with Crippen molar-refractivity contribution < 1.29 is 13.2 Å². The number of nitrogen functional groups attached to an aromatic ring is 1. The van der Waals surface area contributed by atoms with Crippen LogP contribution in [0.4, 0.5) is 30.6 Å². The molecule has 5 nitrogen and oxygen atoms in total. The van der Waals surface area contributed by atoms with Crippen molar-refractivity contribution in [3.63, 3.8) is 0 Å². The molecule has 0 unspecified atom stereocenters. The summed E-state index contributed by atoms with van der Waals surface area (Å²) < 4.78 is 39.1. The lowest BCUT2D eigenvalue weighted by molar-refractivity contribution is -0.141. The molecule has 9 heteroatoms. The van der Waals surface area contributed by atoms with Crippen molar-refractivity contribution in [1.29, 1.82) is 0 Å². The summed E-state index contributed by atoms with van der Waals surface area (Å²) in [6.45, 7) is 1.86. The van der Waals surface area contributed by atoms with Gasteiger partial charge in [0, 0.05) is 16.2 Å². The molecular formula is C12H11BrF3N5. The highest BCUT2D eigenvalue weighted by Gasteiger charge is 2.33. The largest absolute Gasteiger partial charge is 0.433 e. The Labute approximate surface area is 126 Å². The third-order valence-corrected chi connectivity index (χ3v) is 3.47. The van der Waals surface area contributed by atoms with Crippen LogP contribution in [0.2, 0.25) is 0 Å².